The molecule has 160 valence electrons. The number of aryl methyl sites for hydroxylation is 1. The molecule has 5 heteroatoms. The van der Waals surface area contributed by atoms with E-state index in [-0.39, 0.29) is 18.4 Å². The number of amides is 2. The molecule has 1 heterocycles. The minimum atomic E-state index is -0.0464. The van der Waals surface area contributed by atoms with Crippen LogP contribution < -0.4 is 4.74 Å². The van der Waals surface area contributed by atoms with Crippen LogP contribution in [0.5, 0.6) is 5.75 Å². The highest BCUT2D eigenvalue weighted by molar-refractivity contribution is 6.07. The number of piperazine rings is 1. The predicted molar refractivity (Wildman–Crippen MR) is 122 cm³/mol. The average Bonchev–Trinajstić information content (AvgIpc) is 2.83. The molecule has 0 saturated carbocycles. The molecular weight excluding hydrogens is 388 g/mol. The van der Waals surface area contributed by atoms with Gasteiger partial charge in [-0.3, -0.25) is 9.59 Å². The van der Waals surface area contributed by atoms with E-state index in [1.165, 1.54) is 5.56 Å². The van der Waals surface area contributed by atoms with Gasteiger partial charge in [0, 0.05) is 31.7 Å². The maximum atomic E-state index is 13.1. The molecule has 3 aromatic rings. The van der Waals surface area contributed by atoms with Gasteiger partial charge in [-0.1, -0.05) is 61.9 Å². The predicted octanol–water partition coefficient (Wildman–Crippen LogP) is 4.16. The van der Waals surface area contributed by atoms with Crippen LogP contribution in [0.15, 0.2) is 66.7 Å². The van der Waals surface area contributed by atoms with Crippen LogP contribution in [0, 0.1) is 0 Å². The number of hydrogen-bond acceptors (Lipinski definition) is 3. The first-order chi connectivity index (χ1) is 15.2. The molecule has 2 amide bonds. The highest BCUT2D eigenvalue weighted by atomic mass is 16.5. The number of hydrogen-bond donors (Lipinski definition) is 0. The van der Waals surface area contributed by atoms with Crippen molar-refractivity contribution in [2.45, 2.75) is 19.8 Å². The van der Waals surface area contributed by atoms with E-state index in [1.54, 1.807) is 4.90 Å². The lowest BCUT2D eigenvalue weighted by Gasteiger charge is -2.35. The SMILES string of the molecule is CCCc1ccc(OCC(=O)N2CCN(C(=O)c3cccc4ccccc34)CC2)cc1. The molecule has 3 aromatic carbocycles. The van der Waals surface area contributed by atoms with Crippen molar-refractivity contribution in [3.05, 3.63) is 77.9 Å². The monoisotopic (exact) mass is 416 g/mol. The maximum Gasteiger partial charge on any atom is 0.260 e. The standard InChI is InChI=1S/C26H28N2O3/c1-2-6-20-11-13-22(14-12-20)31-19-25(29)27-15-17-28(18-16-27)26(30)24-10-5-8-21-7-3-4-9-23(21)24/h3-5,7-14H,2,6,15-19H2,1H3. The molecule has 1 saturated heterocycles. The molecule has 0 bridgehead atoms. The van der Waals surface area contributed by atoms with Gasteiger partial charge >= 0.3 is 0 Å². The van der Waals surface area contributed by atoms with Gasteiger partial charge in [0.2, 0.25) is 0 Å². The fraction of sp³-hybridized carbons (Fsp3) is 0.308. The van der Waals surface area contributed by atoms with E-state index in [1.807, 2.05) is 71.6 Å². The molecule has 4 rings (SSSR count). The van der Waals surface area contributed by atoms with E-state index in [0.717, 1.165) is 23.6 Å². The van der Waals surface area contributed by atoms with Crippen molar-refractivity contribution in [1.29, 1.82) is 0 Å². The lowest BCUT2D eigenvalue weighted by Crippen LogP contribution is -2.51. The second-order valence-corrected chi connectivity index (χ2v) is 7.88. The first-order valence-corrected chi connectivity index (χ1v) is 10.9. The zero-order valence-electron chi connectivity index (χ0n) is 17.9. The molecule has 0 aromatic heterocycles. The Hall–Kier alpha value is -3.34. The number of benzene rings is 3. The normalized spacial score (nSPS) is 14.0. The van der Waals surface area contributed by atoms with Gasteiger partial charge in [0.25, 0.3) is 11.8 Å². The highest BCUT2D eigenvalue weighted by Crippen LogP contribution is 2.21. The molecule has 1 aliphatic rings. The van der Waals surface area contributed by atoms with Crippen molar-refractivity contribution in [3.8, 4) is 5.75 Å². The first-order valence-electron chi connectivity index (χ1n) is 10.9. The summed E-state index contributed by atoms with van der Waals surface area (Å²) in [7, 11) is 0. The van der Waals surface area contributed by atoms with Gasteiger partial charge in [-0.25, -0.2) is 0 Å². The summed E-state index contributed by atoms with van der Waals surface area (Å²) in [5.41, 5.74) is 1.99. The Morgan fingerprint density at radius 2 is 1.52 bits per heavy atom. The van der Waals surface area contributed by atoms with E-state index in [2.05, 4.69) is 6.92 Å². The third kappa shape index (κ3) is 4.88. The molecule has 0 aliphatic carbocycles. The average molecular weight is 417 g/mol. The third-order valence-corrected chi connectivity index (χ3v) is 5.76. The summed E-state index contributed by atoms with van der Waals surface area (Å²) in [6.07, 6.45) is 2.15. The quantitative estimate of drug-likeness (QED) is 0.606. The van der Waals surface area contributed by atoms with Crippen LogP contribution in [-0.4, -0.2) is 54.4 Å². The second kappa shape index (κ2) is 9.65. The third-order valence-electron chi connectivity index (χ3n) is 5.76. The van der Waals surface area contributed by atoms with Crippen molar-refractivity contribution in [3.63, 3.8) is 0 Å². The van der Waals surface area contributed by atoms with Gasteiger partial charge in [-0.05, 0) is 41.0 Å². The van der Waals surface area contributed by atoms with E-state index >= 15 is 0 Å². The minimum Gasteiger partial charge on any atom is -0.484 e. The number of ether oxygens (including phenoxy) is 1. The summed E-state index contributed by atoms with van der Waals surface area (Å²) in [5.74, 6) is 0.681. The molecule has 1 aliphatic heterocycles. The molecular formula is C26H28N2O3. The number of carbonyl (C=O) groups excluding carboxylic acids is 2. The fourth-order valence-electron chi connectivity index (χ4n) is 4.02. The molecule has 31 heavy (non-hydrogen) atoms. The van der Waals surface area contributed by atoms with Crippen molar-refractivity contribution in [2.24, 2.45) is 0 Å². The molecule has 0 unspecified atom stereocenters. The van der Waals surface area contributed by atoms with Gasteiger partial charge in [0.15, 0.2) is 6.61 Å². The molecule has 0 N–H and O–H groups in total. The largest absolute Gasteiger partial charge is 0.484 e. The maximum absolute atomic E-state index is 13.1. The van der Waals surface area contributed by atoms with E-state index < -0.39 is 0 Å². The topological polar surface area (TPSA) is 49.9 Å². The van der Waals surface area contributed by atoms with Crippen LogP contribution >= 0.6 is 0 Å². The van der Waals surface area contributed by atoms with Gasteiger partial charge in [0.05, 0.1) is 0 Å². The van der Waals surface area contributed by atoms with Gasteiger partial charge in [-0.15, -0.1) is 0 Å². The molecule has 0 spiro atoms. The lowest BCUT2D eigenvalue weighted by molar-refractivity contribution is -0.134. The van der Waals surface area contributed by atoms with Gasteiger partial charge < -0.3 is 14.5 Å². The van der Waals surface area contributed by atoms with Crippen molar-refractivity contribution >= 4 is 22.6 Å². The number of carbonyl (C=O) groups is 2. The Morgan fingerprint density at radius 3 is 2.26 bits per heavy atom. The summed E-state index contributed by atoms with van der Waals surface area (Å²) in [6, 6.07) is 21.6. The van der Waals surface area contributed by atoms with Crippen LogP contribution in [0.2, 0.25) is 0 Å². The Morgan fingerprint density at radius 1 is 0.839 bits per heavy atom. The number of fused-ring (bicyclic) bond motifs is 1. The number of rotatable bonds is 6. The van der Waals surface area contributed by atoms with Crippen LogP contribution in [0.1, 0.15) is 29.3 Å². The summed E-state index contributed by atoms with van der Waals surface area (Å²) in [4.78, 5) is 29.2. The van der Waals surface area contributed by atoms with Crippen molar-refractivity contribution in [1.82, 2.24) is 9.80 Å². The van der Waals surface area contributed by atoms with Crippen LogP contribution in [0.3, 0.4) is 0 Å². The Labute approximate surface area is 183 Å². The van der Waals surface area contributed by atoms with Crippen LogP contribution in [-0.2, 0) is 11.2 Å². The Kier molecular flexibility index (Phi) is 6.51. The minimum absolute atomic E-state index is 0.0182. The summed E-state index contributed by atoms with van der Waals surface area (Å²) in [5, 5.41) is 2.02. The molecule has 1 fully saturated rings. The molecule has 5 nitrogen and oxygen atoms in total. The first kappa shape index (κ1) is 20.9. The smallest absolute Gasteiger partial charge is 0.260 e. The summed E-state index contributed by atoms with van der Waals surface area (Å²) in [6.45, 7) is 4.27. The fourth-order valence-corrected chi connectivity index (χ4v) is 4.02. The molecule has 0 atom stereocenters. The van der Waals surface area contributed by atoms with E-state index in [4.69, 9.17) is 4.74 Å². The van der Waals surface area contributed by atoms with E-state index in [9.17, 15) is 9.59 Å². The van der Waals surface area contributed by atoms with Crippen molar-refractivity contribution in [2.75, 3.05) is 32.8 Å². The second-order valence-electron chi connectivity index (χ2n) is 7.88. The van der Waals surface area contributed by atoms with Crippen LogP contribution in [0.4, 0.5) is 0 Å². The Bertz CT molecular complexity index is 1050. The zero-order chi connectivity index (χ0) is 21.6. The zero-order valence-corrected chi connectivity index (χ0v) is 17.9. The van der Waals surface area contributed by atoms with Gasteiger partial charge in [0.1, 0.15) is 5.75 Å². The lowest BCUT2D eigenvalue weighted by atomic mass is 10.0. The Balaban J connectivity index is 1.30. The number of nitrogens with zero attached hydrogens (tertiary/aromatic N) is 2. The van der Waals surface area contributed by atoms with Gasteiger partial charge in [-0.2, -0.15) is 0 Å². The van der Waals surface area contributed by atoms with Crippen molar-refractivity contribution < 1.29 is 14.3 Å². The molecule has 0 radical (unpaired) electrons. The van der Waals surface area contributed by atoms with E-state index in [0.29, 0.717) is 37.5 Å². The summed E-state index contributed by atoms with van der Waals surface area (Å²) < 4.78 is 5.67. The summed E-state index contributed by atoms with van der Waals surface area (Å²) >= 11 is 0. The van der Waals surface area contributed by atoms with Crippen LogP contribution in [0.25, 0.3) is 10.8 Å². The highest BCUT2D eigenvalue weighted by Gasteiger charge is 2.25.